The number of likely N-dealkylation sites (N-methyl/N-ethyl adjacent to an activating group) is 1. The number of allylic oxidation sites excluding steroid dienone is 3. The van der Waals surface area contributed by atoms with Crippen molar-refractivity contribution in [2.75, 3.05) is 67.4 Å². The van der Waals surface area contributed by atoms with E-state index in [9.17, 15) is 14.7 Å². The number of amides is 1. The number of piperazine rings is 1. The van der Waals surface area contributed by atoms with Gasteiger partial charge in [0, 0.05) is 44.6 Å². The summed E-state index contributed by atoms with van der Waals surface area (Å²) in [5.74, 6) is -1.14. The van der Waals surface area contributed by atoms with Crippen molar-refractivity contribution in [3.05, 3.63) is 76.8 Å². The van der Waals surface area contributed by atoms with Gasteiger partial charge in [-0.15, -0.1) is 0 Å². The topological polar surface area (TPSA) is 119 Å². The maximum Gasteiger partial charge on any atom is 0.310 e. The van der Waals surface area contributed by atoms with Crippen LogP contribution in [-0.4, -0.2) is 100 Å². The van der Waals surface area contributed by atoms with Crippen LogP contribution in [-0.2, 0) is 23.8 Å². The maximum atomic E-state index is 13.8. The molecule has 11 heteroatoms. The summed E-state index contributed by atoms with van der Waals surface area (Å²) in [6, 6.07) is 2.94. The number of aromatic hydroxyl groups is 1. The summed E-state index contributed by atoms with van der Waals surface area (Å²) < 4.78 is 27.8. The second-order valence-electron chi connectivity index (χ2n) is 12.6. The highest BCUT2D eigenvalue weighted by Gasteiger charge is 2.52. The molecule has 46 heavy (non-hydrogen) atoms. The molecule has 0 radical (unpaired) electrons. The minimum Gasteiger partial charge on any atom is -0.502 e. The Morgan fingerprint density at radius 2 is 1.85 bits per heavy atom. The van der Waals surface area contributed by atoms with Crippen molar-refractivity contribution in [3.63, 3.8) is 0 Å². The summed E-state index contributed by atoms with van der Waals surface area (Å²) in [7, 11) is 5.06. The molecule has 1 aromatic carbocycles. The number of phenols is 1. The molecule has 2 N–H and O–H groups in total. The number of fused-ring (bicyclic) bond motifs is 1. The van der Waals surface area contributed by atoms with Gasteiger partial charge in [0.15, 0.2) is 23.0 Å². The van der Waals surface area contributed by atoms with E-state index in [1.807, 2.05) is 19.1 Å². The van der Waals surface area contributed by atoms with Crippen molar-refractivity contribution in [2.45, 2.75) is 25.3 Å². The monoisotopic (exact) mass is 633 g/mol. The molecule has 3 saturated heterocycles. The average molecular weight is 634 g/mol. The largest absolute Gasteiger partial charge is 0.502 e. The number of hydrogen-bond donors (Lipinski definition) is 2. The molecule has 1 unspecified atom stereocenters. The zero-order chi connectivity index (χ0) is 32.5. The molecule has 5 aliphatic rings. The lowest BCUT2D eigenvalue weighted by Gasteiger charge is -2.40. The van der Waals surface area contributed by atoms with Crippen LogP contribution in [0.3, 0.4) is 0 Å². The fourth-order valence-electron chi connectivity index (χ4n) is 7.16. The van der Waals surface area contributed by atoms with Gasteiger partial charge >= 0.3 is 5.97 Å². The van der Waals surface area contributed by atoms with E-state index < -0.39 is 17.9 Å². The third-order valence-electron chi connectivity index (χ3n) is 9.88. The Morgan fingerprint density at radius 1 is 1.13 bits per heavy atom. The van der Waals surface area contributed by atoms with E-state index in [4.69, 9.17) is 23.7 Å². The van der Waals surface area contributed by atoms with Crippen molar-refractivity contribution < 1.29 is 38.4 Å². The Morgan fingerprint density at radius 3 is 2.46 bits per heavy atom. The van der Waals surface area contributed by atoms with Crippen molar-refractivity contribution >= 4 is 11.9 Å². The first-order valence-electron chi connectivity index (χ1n) is 15.8. The maximum absolute atomic E-state index is 13.8. The smallest absolute Gasteiger partial charge is 0.310 e. The molecule has 2 aliphatic carbocycles. The minimum absolute atomic E-state index is 0.0368. The Balaban J connectivity index is 1.30. The van der Waals surface area contributed by atoms with E-state index >= 15 is 0 Å². The van der Waals surface area contributed by atoms with Crippen molar-refractivity contribution in [1.82, 2.24) is 15.1 Å². The van der Waals surface area contributed by atoms with Crippen molar-refractivity contribution in [1.29, 1.82) is 0 Å². The summed E-state index contributed by atoms with van der Waals surface area (Å²) in [4.78, 5) is 32.1. The molecule has 0 aromatic heterocycles. The zero-order valence-electron chi connectivity index (χ0n) is 26.9. The summed E-state index contributed by atoms with van der Waals surface area (Å²) in [5.41, 5.74) is 3.54. The van der Waals surface area contributed by atoms with Crippen LogP contribution >= 0.6 is 0 Å². The van der Waals surface area contributed by atoms with Gasteiger partial charge in [0.25, 0.3) is 0 Å². The normalized spacial score (nSPS) is 29.2. The van der Waals surface area contributed by atoms with Crippen LogP contribution in [0, 0.1) is 17.8 Å². The first-order valence-corrected chi connectivity index (χ1v) is 15.8. The summed E-state index contributed by atoms with van der Waals surface area (Å²) in [5, 5.41) is 13.9. The van der Waals surface area contributed by atoms with Gasteiger partial charge in [0.2, 0.25) is 18.4 Å². The molecule has 0 saturated carbocycles. The molecule has 5 atom stereocenters. The predicted molar refractivity (Wildman–Crippen MR) is 170 cm³/mol. The number of nitrogens with one attached hydrogen (secondary N) is 1. The Labute approximate surface area is 269 Å². The lowest BCUT2D eigenvalue weighted by Crippen LogP contribution is -2.50. The van der Waals surface area contributed by atoms with E-state index in [0.29, 0.717) is 23.5 Å². The third-order valence-corrected chi connectivity index (χ3v) is 9.88. The first kappa shape index (κ1) is 31.7. The number of carbonyl (C=O) groups is 2. The van der Waals surface area contributed by atoms with Crippen LogP contribution in [0.2, 0.25) is 0 Å². The Bertz CT molecular complexity index is 1490. The molecule has 6 rings (SSSR count). The van der Waals surface area contributed by atoms with E-state index in [0.717, 1.165) is 43.9 Å². The predicted octanol–water partition coefficient (Wildman–Crippen LogP) is 3.25. The quantitative estimate of drug-likeness (QED) is 0.413. The van der Waals surface area contributed by atoms with Crippen LogP contribution in [0.25, 0.3) is 0 Å². The second kappa shape index (κ2) is 13.3. The van der Waals surface area contributed by atoms with E-state index in [-0.39, 0.29) is 54.4 Å². The molecular weight excluding hydrogens is 590 g/mol. The highest BCUT2D eigenvalue weighted by atomic mass is 16.7. The van der Waals surface area contributed by atoms with Crippen molar-refractivity contribution in [3.8, 4) is 17.2 Å². The molecule has 0 bridgehead atoms. The number of esters is 1. The van der Waals surface area contributed by atoms with Crippen LogP contribution in [0.1, 0.15) is 24.8 Å². The highest BCUT2D eigenvalue weighted by Crippen LogP contribution is 2.52. The average Bonchev–Trinajstić information content (AvgIpc) is 3.65. The first-order chi connectivity index (χ1) is 22.2. The van der Waals surface area contributed by atoms with Crippen LogP contribution in [0.5, 0.6) is 17.2 Å². The number of methoxy groups -OCH3 is 2. The van der Waals surface area contributed by atoms with Gasteiger partial charge in [-0.25, -0.2) is 0 Å². The summed E-state index contributed by atoms with van der Waals surface area (Å²) >= 11 is 0. The molecule has 0 spiro atoms. The molecule has 3 heterocycles. The fourth-order valence-corrected chi connectivity index (χ4v) is 7.16. The number of carbonyl (C=O) groups excluding carboxylic acids is 2. The van der Waals surface area contributed by atoms with Gasteiger partial charge in [0.05, 0.1) is 38.7 Å². The van der Waals surface area contributed by atoms with Gasteiger partial charge in [-0.05, 0) is 60.9 Å². The standard InChI is InChI=1S/C35H43N3O8/c1-20-25(16-27-21(2)45-19-46-27)30(24-14-28(42-4)33(39)29(15-24)43-5)31-26(18-44-35(31)41)32(20)36-34(40)23-8-6-22(7-9-23)17-38-12-10-37(3)11-13-38/h6-8,14-16,23,26,30-32,39H,2,9-13,17-19H2,1,3-5H3,(H,36,40)/b27-16+/t23?,26-,30+,31-,32+/m0/s1. The number of benzene rings is 1. The molecule has 1 amide bonds. The molecule has 11 nitrogen and oxygen atoms in total. The van der Waals surface area contributed by atoms with Gasteiger partial charge in [-0.3, -0.25) is 14.5 Å². The van der Waals surface area contributed by atoms with Crippen LogP contribution < -0.4 is 14.8 Å². The summed E-state index contributed by atoms with van der Waals surface area (Å²) in [6.45, 7) is 11.2. The molecule has 1 aromatic rings. The van der Waals surface area contributed by atoms with Gasteiger partial charge in [-0.1, -0.05) is 24.8 Å². The lowest BCUT2D eigenvalue weighted by atomic mass is 9.65. The second-order valence-corrected chi connectivity index (χ2v) is 12.6. The number of rotatable bonds is 8. The third kappa shape index (κ3) is 6.13. The number of phenolic OH excluding ortho intramolecular Hbond substituents is 1. The van der Waals surface area contributed by atoms with E-state index in [1.54, 1.807) is 12.1 Å². The summed E-state index contributed by atoms with van der Waals surface area (Å²) in [6.07, 6.45) is 8.67. The van der Waals surface area contributed by atoms with Gasteiger partial charge in [-0.2, -0.15) is 0 Å². The number of cyclic esters (lactones) is 1. The van der Waals surface area contributed by atoms with E-state index in [2.05, 4.69) is 40.9 Å². The van der Waals surface area contributed by atoms with Crippen molar-refractivity contribution in [2.24, 2.45) is 17.8 Å². The molecule has 3 aliphatic heterocycles. The molecular formula is C35H43N3O8. The molecule has 246 valence electrons. The lowest BCUT2D eigenvalue weighted by molar-refractivity contribution is -0.141. The van der Waals surface area contributed by atoms with Gasteiger partial charge in [0.1, 0.15) is 0 Å². The van der Waals surface area contributed by atoms with E-state index in [1.165, 1.54) is 19.8 Å². The zero-order valence-corrected chi connectivity index (χ0v) is 26.9. The Hall–Kier alpha value is -4.22. The Kier molecular flexibility index (Phi) is 9.15. The number of ether oxygens (including phenoxy) is 5. The SMILES string of the molecule is C=C1OCO/C1=C/C1=C(C)[C@@H](NC(=O)C2C=CC(CN3CCN(C)CC3)=CC2)[C@H]2COC(=O)[C@@H]2[C@@H]1c1cc(OC)c(O)c(OC)c1. The van der Waals surface area contributed by atoms with Crippen LogP contribution in [0.4, 0.5) is 0 Å². The van der Waals surface area contributed by atoms with Gasteiger partial charge < -0.3 is 39.0 Å². The van der Waals surface area contributed by atoms with Crippen LogP contribution in [0.15, 0.2) is 71.3 Å². The fraction of sp³-hybridized carbons (Fsp3) is 0.486. The minimum atomic E-state index is -0.632. The number of nitrogens with zero attached hydrogens (tertiary/aromatic N) is 2. The highest BCUT2D eigenvalue weighted by molar-refractivity contribution is 5.83. The number of hydrogen-bond acceptors (Lipinski definition) is 10. The molecule has 3 fully saturated rings.